The van der Waals surface area contributed by atoms with Crippen molar-refractivity contribution in [2.24, 2.45) is 0 Å². The van der Waals surface area contributed by atoms with Crippen molar-refractivity contribution in [1.82, 2.24) is 0 Å². The maximum absolute atomic E-state index is 6.12. The highest BCUT2D eigenvalue weighted by atomic mass is 35.5. The van der Waals surface area contributed by atoms with E-state index in [1.54, 1.807) is 0 Å². The molecule has 2 rings (SSSR count). The van der Waals surface area contributed by atoms with Crippen LogP contribution in [0.3, 0.4) is 0 Å². The summed E-state index contributed by atoms with van der Waals surface area (Å²) in [5.74, 6) is 0. The molecule has 0 aromatic heterocycles. The first kappa shape index (κ1) is 12.9. The lowest BCUT2D eigenvalue weighted by atomic mass is 9.84. The molecule has 2 nitrogen and oxygen atoms in total. The minimum Gasteiger partial charge on any atom is -0.397 e. The van der Waals surface area contributed by atoms with Gasteiger partial charge in [0.1, 0.15) is 0 Å². The molecule has 17 heavy (non-hydrogen) atoms. The summed E-state index contributed by atoms with van der Waals surface area (Å²) in [6, 6.07) is 3.72. The number of hydrogen-bond donors (Lipinski definition) is 2. The molecule has 1 aromatic carbocycles. The molecule has 0 spiro atoms. The molecule has 0 unspecified atom stereocenters. The number of benzene rings is 1. The van der Waals surface area contributed by atoms with Gasteiger partial charge in [-0.1, -0.05) is 18.0 Å². The molecular formula is C13H19ClN2S. The largest absolute Gasteiger partial charge is 0.397 e. The summed E-state index contributed by atoms with van der Waals surface area (Å²) < 4.78 is 0.404. The Kier molecular flexibility index (Phi) is 3.79. The number of halogens is 1. The SMILES string of the molecule is CSC1(CNc2c(N)ccc(Cl)c2C)CCC1. The van der Waals surface area contributed by atoms with Gasteiger partial charge in [0.25, 0.3) is 0 Å². The molecule has 94 valence electrons. The number of nitrogens with two attached hydrogens (primary N) is 1. The number of hydrogen-bond acceptors (Lipinski definition) is 3. The predicted octanol–water partition coefficient (Wildman–Crippen LogP) is 3.93. The Morgan fingerprint density at radius 3 is 2.71 bits per heavy atom. The molecule has 0 amide bonds. The average molecular weight is 271 g/mol. The van der Waals surface area contributed by atoms with Gasteiger partial charge in [0, 0.05) is 16.3 Å². The Morgan fingerprint density at radius 1 is 1.47 bits per heavy atom. The van der Waals surface area contributed by atoms with Crippen molar-refractivity contribution in [2.45, 2.75) is 30.9 Å². The first-order valence-electron chi connectivity index (χ1n) is 5.91. The van der Waals surface area contributed by atoms with Crippen molar-refractivity contribution in [1.29, 1.82) is 0 Å². The van der Waals surface area contributed by atoms with Crippen LogP contribution < -0.4 is 11.1 Å². The third-order valence-electron chi connectivity index (χ3n) is 3.72. The maximum atomic E-state index is 6.12. The maximum Gasteiger partial charge on any atom is 0.0619 e. The van der Waals surface area contributed by atoms with Gasteiger partial charge >= 0.3 is 0 Å². The standard InChI is InChI=1S/C13H19ClN2S/c1-9-10(14)4-5-11(15)12(9)16-8-13(17-2)6-3-7-13/h4-5,16H,3,6-8,15H2,1-2H3. The van der Waals surface area contributed by atoms with Crippen molar-refractivity contribution in [2.75, 3.05) is 23.9 Å². The Balaban J connectivity index is 2.11. The zero-order chi connectivity index (χ0) is 12.5. The van der Waals surface area contributed by atoms with Crippen LogP contribution in [0.5, 0.6) is 0 Å². The molecule has 3 N–H and O–H groups in total. The van der Waals surface area contributed by atoms with Gasteiger partial charge in [0.05, 0.1) is 11.4 Å². The van der Waals surface area contributed by atoms with Crippen LogP contribution in [0.15, 0.2) is 12.1 Å². The summed E-state index contributed by atoms with van der Waals surface area (Å²) in [6.45, 7) is 2.98. The zero-order valence-electron chi connectivity index (χ0n) is 10.3. The molecule has 0 heterocycles. The molecule has 4 heteroatoms. The van der Waals surface area contributed by atoms with Crippen LogP contribution in [0.1, 0.15) is 24.8 Å². The second-order valence-corrected chi connectivity index (χ2v) is 6.41. The van der Waals surface area contributed by atoms with Crippen LogP contribution >= 0.6 is 23.4 Å². The lowest BCUT2D eigenvalue weighted by Crippen LogP contribution is -2.40. The first-order valence-corrected chi connectivity index (χ1v) is 7.52. The summed E-state index contributed by atoms with van der Waals surface area (Å²) in [5, 5.41) is 4.26. The van der Waals surface area contributed by atoms with E-state index < -0.39 is 0 Å². The molecule has 0 atom stereocenters. The van der Waals surface area contributed by atoms with Gasteiger partial charge in [-0.3, -0.25) is 0 Å². The molecule has 0 radical (unpaired) electrons. The van der Waals surface area contributed by atoms with Crippen molar-refractivity contribution in [3.8, 4) is 0 Å². The third-order valence-corrected chi connectivity index (χ3v) is 5.54. The Hall–Kier alpha value is -0.540. The smallest absolute Gasteiger partial charge is 0.0619 e. The normalized spacial score (nSPS) is 17.6. The fraction of sp³-hybridized carbons (Fsp3) is 0.538. The Morgan fingerprint density at radius 2 is 2.18 bits per heavy atom. The Labute approximate surface area is 112 Å². The minimum atomic E-state index is 0.404. The number of thioether (sulfide) groups is 1. The van der Waals surface area contributed by atoms with Crippen molar-refractivity contribution in [3.05, 3.63) is 22.7 Å². The van der Waals surface area contributed by atoms with Gasteiger partial charge in [-0.05, 0) is 43.7 Å². The van der Waals surface area contributed by atoms with Crippen molar-refractivity contribution in [3.63, 3.8) is 0 Å². The summed E-state index contributed by atoms with van der Waals surface area (Å²) in [7, 11) is 0. The lowest BCUT2D eigenvalue weighted by molar-refractivity contribution is 0.380. The van der Waals surface area contributed by atoms with Gasteiger partial charge < -0.3 is 11.1 Å². The highest BCUT2D eigenvalue weighted by Gasteiger charge is 2.35. The number of nitrogen functional groups attached to an aromatic ring is 1. The molecule has 1 aliphatic carbocycles. The van der Waals surface area contributed by atoms with E-state index in [0.29, 0.717) is 4.75 Å². The molecule has 0 bridgehead atoms. The molecule has 1 aliphatic rings. The summed E-state index contributed by atoms with van der Waals surface area (Å²) in [4.78, 5) is 0. The van der Waals surface area contributed by atoms with E-state index in [1.165, 1.54) is 19.3 Å². The first-order chi connectivity index (χ1) is 8.08. The van der Waals surface area contributed by atoms with E-state index in [9.17, 15) is 0 Å². The minimum absolute atomic E-state index is 0.404. The van der Waals surface area contributed by atoms with E-state index in [2.05, 4.69) is 11.6 Å². The Bertz CT molecular complexity index is 411. The van der Waals surface area contributed by atoms with E-state index in [-0.39, 0.29) is 0 Å². The summed E-state index contributed by atoms with van der Waals surface area (Å²) in [6.07, 6.45) is 6.11. The fourth-order valence-electron chi connectivity index (χ4n) is 2.22. The topological polar surface area (TPSA) is 38.0 Å². The van der Waals surface area contributed by atoms with Crippen LogP contribution in [0, 0.1) is 6.92 Å². The molecular weight excluding hydrogens is 252 g/mol. The molecule has 1 aromatic rings. The van der Waals surface area contributed by atoms with Crippen LogP contribution in [0.4, 0.5) is 11.4 Å². The number of anilines is 2. The van der Waals surface area contributed by atoms with E-state index in [1.807, 2.05) is 30.8 Å². The summed E-state index contributed by atoms with van der Waals surface area (Å²) in [5.41, 5.74) is 8.81. The van der Waals surface area contributed by atoms with Gasteiger partial charge in [0.2, 0.25) is 0 Å². The predicted molar refractivity (Wildman–Crippen MR) is 79.2 cm³/mol. The zero-order valence-corrected chi connectivity index (χ0v) is 11.9. The number of rotatable bonds is 4. The quantitative estimate of drug-likeness (QED) is 0.814. The highest BCUT2D eigenvalue weighted by molar-refractivity contribution is 8.00. The second-order valence-electron chi connectivity index (χ2n) is 4.73. The molecule has 0 aliphatic heterocycles. The highest BCUT2D eigenvalue weighted by Crippen LogP contribution is 2.43. The van der Waals surface area contributed by atoms with Gasteiger partial charge in [-0.2, -0.15) is 11.8 Å². The number of nitrogens with one attached hydrogen (secondary N) is 1. The van der Waals surface area contributed by atoms with E-state index in [4.69, 9.17) is 17.3 Å². The van der Waals surface area contributed by atoms with Gasteiger partial charge in [0.15, 0.2) is 0 Å². The van der Waals surface area contributed by atoms with Crippen LogP contribution in [-0.4, -0.2) is 17.5 Å². The van der Waals surface area contributed by atoms with Gasteiger partial charge in [-0.15, -0.1) is 0 Å². The second kappa shape index (κ2) is 4.99. The van der Waals surface area contributed by atoms with Crippen LogP contribution in [0.25, 0.3) is 0 Å². The monoisotopic (exact) mass is 270 g/mol. The average Bonchev–Trinajstić information content (AvgIpc) is 2.27. The van der Waals surface area contributed by atoms with Crippen LogP contribution in [-0.2, 0) is 0 Å². The van der Waals surface area contributed by atoms with Gasteiger partial charge in [-0.25, -0.2) is 0 Å². The third kappa shape index (κ3) is 2.50. The molecule has 1 saturated carbocycles. The molecule has 1 fully saturated rings. The fourth-order valence-corrected chi connectivity index (χ4v) is 3.29. The van der Waals surface area contributed by atoms with E-state index in [0.717, 1.165) is 28.5 Å². The van der Waals surface area contributed by atoms with E-state index >= 15 is 0 Å². The molecule has 0 saturated heterocycles. The van der Waals surface area contributed by atoms with Crippen molar-refractivity contribution < 1.29 is 0 Å². The van der Waals surface area contributed by atoms with Crippen LogP contribution in [0.2, 0.25) is 5.02 Å². The lowest BCUT2D eigenvalue weighted by Gasteiger charge is -2.41. The van der Waals surface area contributed by atoms with Crippen molar-refractivity contribution >= 4 is 34.7 Å². The summed E-state index contributed by atoms with van der Waals surface area (Å²) >= 11 is 8.07.